The van der Waals surface area contributed by atoms with Gasteiger partial charge in [-0.1, -0.05) is 0 Å². The van der Waals surface area contributed by atoms with Crippen LogP contribution in [0, 0.1) is 0 Å². The molecule has 1 aliphatic rings. The third-order valence-electron chi connectivity index (χ3n) is 3.75. The Balaban J connectivity index is 2.01. The largest absolute Gasteiger partial charge is 0.506 e. The minimum absolute atomic E-state index is 0.301. The predicted octanol–water partition coefficient (Wildman–Crippen LogP) is 4.30. The lowest BCUT2D eigenvalue weighted by atomic mass is 9.80. The van der Waals surface area contributed by atoms with Gasteiger partial charge in [0.15, 0.2) is 0 Å². The number of phenolic OH excluding ortho intramolecular Hbond substituents is 1. The third-order valence-corrected chi connectivity index (χ3v) is 5.15. The van der Waals surface area contributed by atoms with E-state index < -0.39 is 0 Å². The Labute approximate surface area is 128 Å². The second-order valence-corrected chi connectivity index (χ2v) is 6.61. The van der Waals surface area contributed by atoms with Crippen molar-refractivity contribution in [3.8, 4) is 5.75 Å². The van der Waals surface area contributed by atoms with Crippen molar-refractivity contribution in [2.45, 2.75) is 31.6 Å². The lowest BCUT2D eigenvalue weighted by molar-refractivity contribution is 0.461. The first kappa shape index (κ1) is 13.2. The maximum Gasteiger partial charge on any atom is 0.144 e. The van der Waals surface area contributed by atoms with Crippen LogP contribution in [0.15, 0.2) is 27.5 Å². The first-order chi connectivity index (χ1) is 9.16. The highest BCUT2D eigenvalue weighted by Gasteiger charge is 2.26. The maximum absolute atomic E-state index is 10.1. The van der Waals surface area contributed by atoms with Gasteiger partial charge < -0.3 is 10.1 Å². The van der Waals surface area contributed by atoms with Gasteiger partial charge in [0.25, 0.3) is 0 Å². The van der Waals surface area contributed by atoms with Gasteiger partial charge in [0.2, 0.25) is 0 Å². The van der Waals surface area contributed by atoms with Gasteiger partial charge in [-0.25, -0.2) is 4.98 Å². The van der Waals surface area contributed by atoms with Crippen LogP contribution < -0.4 is 0 Å². The molecule has 0 radical (unpaired) electrons. The van der Waals surface area contributed by atoms with Crippen LogP contribution in [0.4, 0.5) is 0 Å². The SMILES string of the molecule is Oc1c(Br)cc2c(c1Br)C(Cc1cnc[nH]1)CCC2. The van der Waals surface area contributed by atoms with Gasteiger partial charge in [-0.15, -0.1) is 0 Å². The number of rotatable bonds is 2. The Morgan fingerprint density at radius 1 is 1.42 bits per heavy atom. The van der Waals surface area contributed by atoms with Crippen molar-refractivity contribution in [3.05, 3.63) is 44.4 Å². The standard InChI is InChI=1S/C14H14Br2N2O/c15-11-5-9-3-1-2-8(4-10-6-17-7-18-10)12(9)13(16)14(11)19/h5-8,19H,1-4H2,(H,17,18). The lowest BCUT2D eigenvalue weighted by Crippen LogP contribution is -2.13. The summed E-state index contributed by atoms with van der Waals surface area (Å²) in [5.74, 6) is 0.729. The fourth-order valence-electron chi connectivity index (χ4n) is 2.87. The Morgan fingerprint density at radius 3 is 3.00 bits per heavy atom. The summed E-state index contributed by atoms with van der Waals surface area (Å²) in [5, 5.41) is 10.1. The highest BCUT2D eigenvalue weighted by atomic mass is 79.9. The van der Waals surface area contributed by atoms with Crippen molar-refractivity contribution < 1.29 is 5.11 Å². The van der Waals surface area contributed by atoms with Crippen LogP contribution in [0.2, 0.25) is 0 Å². The highest BCUT2D eigenvalue weighted by Crippen LogP contribution is 2.45. The number of H-pyrrole nitrogens is 1. The Hall–Kier alpha value is -0.810. The van der Waals surface area contributed by atoms with E-state index in [1.807, 2.05) is 6.20 Å². The number of nitrogens with zero attached hydrogens (tertiary/aromatic N) is 1. The molecule has 5 heteroatoms. The zero-order chi connectivity index (χ0) is 13.4. The molecule has 1 aromatic heterocycles. The summed E-state index contributed by atoms with van der Waals surface area (Å²) in [4.78, 5) is 7.24. The molecule has 3 nitrogen and oxygen atoms in total. The summed E-state index contributed by atoms with van der Waals surface area (Å²) in [5.41, 5.74) is 3.72. The van der Waals surface area contributed by atoms with Gasteiger partial charge in [0, 0.05) is 11.9 Å². The molecule has 1 unspecified atom stereocenters. The minimum Gasteiger partial charge on any atom is -0.506 e. The average molecular weight is 386 g/mol. The third kappa shape index (κ3) is 2.46. The molecule has 0 saturated carbocycles. The number of fused-ring (bicyclic) bond motifs is 1. The van der Waals surface area contributed by atoms with Gasteiger partial charge >= 0.3 is 0 Å². The second-order valence-electron chi connectivity index (χ2n) is 4.96. The molecular weight excluding hydrogens is 372 g/mol. The van der Waals surface area contributed by atoms with E-state index >= 15 is 0 Å². The Bertz CT molecular complexity index is 596. The number of hydrogen-bond donors (Lipinski definition) is 2. The number of imidazole rings is 1. The molecule has 2 aromatic rings. The molecule has 1 aromatic carbocycles. The molecule has 0 amide bonds. The number of benzene rings is 1. The molecule has 1 atom stereocenters. The lowest BCUT2D eigenvalue weighted by Gasteiger charge is -2.27. The van der Waals surface area contributed by atoms with Gasteiger partial charge in [0.05, 0.1) is 15.3 Å². The fourth-order valence-corrected chi connectivity index (χ4v) is 4.40. The van der Waals surface area contributed by atoms with Crippen molar-refractivity contribution in [1.82, 2.24) is 9.97 Å². The van der Waals surface area contributed by atoms with Crippen LogP contribution in [-0.4, -0.2) is 15.1 Å². The van der Waals surface area contributed by atoms with Crippen LogP contribution in [0.25, 0.3) is 0 Å². The summed E-state index contributed by atoms with van der Waals surface area (Å²) in [7, 11) is 0. The van der Waals surface area contributed by atoms with Gasteiger partial charge in [-0.3, -0.25) is 0 Å². The summed E-state index contributed by atoms with van der Waals surface area (Å²) in [6, 6.07) is 2.05. The predicted molar refractivity (Wildman–Crippen MR) is 81.5 cm³/mol. The zero-order valence-corrected chi connectivity index (χ0v) is 13.5. The van der Waals surface area contributed by atoms with Crippen molar-refractivity contribution in [2.75, 3.05) is 0 Å². The van der Waals surface area contributed by atoms with Gasteiger partial charge in [-0.2, -0.15) is 0 Å². The number of hydrogen-bond acceptors (Lipinski definition) is 2. The first-order valence-electron chi connectivity index (χ1n) is 6.33. The van der Waals surface area contributed by atoms with E-state index in [9.17, 15) is 5.11 Å². The number of aryl methyl sites for hydroxylation is 1. The number of halogens is 2. The summed E-state index contributed by atoms with van der Waals surface area (Å²) in [6.45, 7) is 0. The van der Waals surface area contributed by atoms with E-state index in [0.717, 1.165) is 33.9 Å². The molecule has 2 N–H and O–H groups in total. The quantitative estimate of drug-likeness (QED) is 0.809. The van der Waals surface area contributed by atoms with Crippen molar-refractivity contribution in [1.29, 1.82) is 0 Å². The highest BCUT2D eigenvalue weighted by molar-refractivity contribution is 9.11. The topological polar surface area (TPSA) is 48.9 Å². The zero-order valence-electron chi connectivity index (χ0n) is 10.3. The van der Waals surface area contributed by atoms with E-state index in [4.69, 9.17) is 0 Å². The molecule has 100 valence electrons. The second kappa shape index (κ2) is 5.29. The Kier molecular flexibility index (Phi) is 3.67. The molecular formula is C14H14Br2N2O. The van der Waals surface area contributed by atoms with Crippen LogP contribution in [0.3, 0.4) is 0 Å². The molecule has 0 aliphatic heterocycles. The minimum atomic E-state index is 0.301. The molecule has 19 heavy (non-hydrogen) atoms. The van der Waals surface area contributed by atoms with Crippen LogP contribution in [0.5, 0.6) is 5.75 Å². The van der Waals surface area contributed by atoms with E-state index in [2.05, 4.69) is 47.9 Å². The van der Waals surface area contributed by atoms with E-state index in [1.54, 1.807) is 6.33 Å². The van der Waals surface area contributed by atoms with Crippen molar-refractivity contribution >= 4 is 31.9 Å². The van der Waals surface area contributed by atoms with Crippen LogP contribution in [0.1, 0.15) is 35.6 Å². The van der Waals surface area contributed by atoms with E-state index in [-0.39, 0.29) is 0 Å². The molecule has 3 rings (SSSR count). The van der Waals surface area contributed by atoms with Gasteiger partial charge in [0.1, 0.15) is 5.75 Å². The number of nitrogens with one attached hydrogen (secondary N) is 1. The van der Waals surface area contributed by atoms with Crippen molar-refractivity contribution in [2.24, 2.45) is 0 Å². The smallest absolute Gasteiger partial charge is 0.144 e. The molecule has 0 bridgehead atoms. The average Bonchev–Trinajstić information content (AvgIpc) is 2.89. The number of aromatic nitrogens is 2. The monoisotopic (exact) mass is 384 g/mol. The number of aromatic hydroxyl groups is 1. The van der Waals surface area contributed by atoms with Crippen LogP contribution in [-0.2, 0) is 12.8 Å². The first-order valence-corrected chi connectivity index (χ1v) is 7.92. The molecule has 1 heterocycles. The summed E-state index contributed by atoms with van der Waals surface area (Å²) in [6.07, 6.45) is 7.94. The van der Waals surface area contributed by atoms with Crippen LogP contribution >= 0.6 is 31.9 Å². The maximum atomic E-state index is 10.1. The number of phenols is 1. The molecule has 0 saturated heterocycles. The number of aromatic amines is 1. The van der Waals surface area contributed by atoms with Crippen molar-refractivity contribution in [3.63, 3.8) is 0 Å². The summed E-state index contributed by atoms with van der Waals surface area (Å²) >= 11 is 6.96. The van der Waals surface area contributed by atoms with E-state index in [1.165, 1.54) is 17.5 Å². The molecule has 1 aliphatic carbocycles. The molecule has 0 spiro atoms. The normalized spacial score (nSPS) is 18.3. The summed E-state index contributed by atoms with van der Waals surface area (Å²) < 4.78 is 1.60. The fraction of sp³-hybridized carbons (Fsp3) is 0.357. The van der Waals surface area contributed by atoms with Gasteiger partial charge in [-0.05, 0) is 80.7 Å². The molecule has 0 fully saturated rings. The Morgan fingerprint density at radius 2 is 2.26 bits per heavy atom. The van der Waals surface area contributed by atoms with E-state index in [0.29, 0.717) is 11.7 Å².